The number of hydrogen-bond donors (Lipinski definition) is 2. The van der Waals surface area contributed by atoms with Crippen molar-refractivity contribution < 1.29 is 23.4 Å². The Morgan fingerprint density at radius 3 is 2.58 bits per heavy atom. The molecule has 174 valence electrons. The van der Waals surface area contributed by atoms with Crippen LogP contribution in [0.5, 0.6) is 5.75 Å². The van der Waals surface area contributed by atoms with E-state index >= 15 is 0 Å². The highest BCUT2D eigenvalue weighted by Crippen LogP contribution is 2.47. The maximum atomic E-state index is 13.0. The first-order valence-corrected chi connectivity index (χ1v) is 11.4. The van der Waals surface area contributed by atoms with Crippen molar-refractivity contribution in [1.82, 2.24) is 9.55 Å². The normalized spacial score (nSPS) is 18.2. The van der Waals surface area contributed by atoms with Crippen LogP contribution >= 0.6 is 0 Å². The molecule has 1 unspecified atom stereocenters. The molecule has 0 saturated heterocycles. The topological polar surface area (TPSA) is 76.4 Å². The zero-order chi connectivity index (χ0) is 23.2. The van der Waals surface area contributed by atoms with Gasteiger partial charge in [-0.15, -0.1) is 0 Å². The van der Waals surface area contributed by atoms with Crippen LogP contribution in [0.3, 0.4) is 0 Å². The summed E-state index contributed by atoms with van der Waals surface area (Å²) < 4.78 is 32.8. The Kier molecular flexibility index (Phi) is 5.56. The summed E-state index contributed by atoms with van der Waals surface area (Å²) in [5.74, 6) is 0.376. The Morgan fingerprint density at radius 1 is 1.24 bits per heavy atom. The molecule has 33 heavy (non-hydrogen) atoms. The van der Waals surface area contributed by atoms with E-state index in [1.165, 1.54) is 0 Å². The molecule has 0 radical (unpaired) electrons. The second-order valence-corrected chi connectivity index (χ2v) is 9.29. The summed E-state index contributed by atoms with van der Waals surface area (Å²) in [6.45, 7) is -1.31. The van der Waals surface area contributed by atoms with Gasteiger partial charge in [-0.25, -0.2) is 4.98 Å². The molecule has 6 nitrogen and oxygen atoms in total. The predicted molar refractivity (Wildman–Crippen MR) is 120 cm³/mol. The number of benzene rings is 2. The number of halogens is 2. The fraction of sp³-hybridized carbons (Fsp3) is 0.440. The standard InChI is InChI=1S/C25H27F2N3O3/c1-25(32,16-6-3-2-4-7-16)14-22(31)29-24-28-19-13-21(33-23(26)27)18(15-10-11-15)12-20(19)30(24)17-8-5-9-17/h2-4,6-7,12-13,15,17,23,32H,5,8-11,14H2,1H3,(H,28,29,31). The molecular formula is C25H27F2N3O3. The van der Waals surface area contributed by atoms with E-state index in [0.717, 1.165) is 43.2 Å². The number of hydrogen-bond acceptors (Lipinski definition) is 4. The highest BCUT2D eigenvalue weighted by molar-refractivity contribution is 5.92. The Morgan fingerprint density at radius 2 is 1.97 bits per heavy atom. The van der Waals surface area contributed by atoms with E-state index in [1.54, 1.807) is 25.1 Å². The van der Waals surface area contributed by atoms with E-state index < -0.39 is 12.2 Å². The number of aliphatic hydroxyl groups is 1. The Bertz CT molecular complexity index is 1170. The van der Waals surface area contributed by atoms with E-state index in [4.69, 9.17) is 4.74 Å². The fourth-order valence-corrected chi connectivity index (χ4v) is 4.53. The zero-order valence-corrected chi connectivity index (χ0v) is 18.4. The molecule has 1 aromatic heterocycles. The molecule has 2 aliphatic rings. The van der Waals surface area contributed by atoms with Crippen molar-refractivity contribution >= 4 is 22.9 Å². The SMILES string of the molecule is CC(O)(CC(=O)Nc1nc2cc(OC(F)F)c(C3CC3)cc2n1C1CCC1)c1ccccc1. The number of carbonyl (C=O) groups is 1. The molecule has 8 heteroatoms. The molecule has 0 bridgehead atoms. The maximum Gasteiger partial charge on any atom is 0.387 e. The molecular weight excluding hydrogens is 428 g/mol. The number of alkyl halides is 2. The van der Waals surface area contributed by atoms with Gasteiger partial charge in [0.2, 0.25) is 11.9 Å². The zero-order valence-electron chi connectivity index (χ0n) is 18.4. The molecule has 2 N–H and O–H groups in total. The van der Waals surface area contributed by atoms with Gasteiger partial charge in [-0.1, -0.05) is 30.3 Å². The number of aromatic nitrogens is 2. The average molecular weight is 456 g/mol. The van der Waals surface area contributed by atoms with Crippen molar-refractivity contribution in [3.05, 3.63) is 53.6 Å². The average Bonchev–Trinajstić information content (AvgIpc) is 3.51. The Balaban J connectivity index is 1.47. The van der Waals surface area contributed by atoms with Gasteiger partial charge in [0.25, 0.3) is 0 Å². The number of rotatable bonds is 8. The van der Waals surface area contributed by atoms with Crippen molar-refractivity contribution in [3.63, 3.8) is 0 Å². The maximum absolute atomic E-state index is 13.0. The van der Waals surface area contributed by atoms with Gasteiger partial charge < -0.3 is 14.4 Å². The third-order valence-corrected chi connectivity index (χ3v) is 6.65. The van der Waals surface area contributed by atoms with Crippen LogP contribution in [0, 0.1) is 0 Å². The number of carbonyl (C=O) groups excluding carboxylic acids is 1. The van der Waals surface area contributed by atoms with Crippen LogP contribution in [0.15, 0.2) is 42.5 Å². The molecule has 0 spiro atoms. The summed E-state index contributed by atoms with van der Waals surface area (Å²) in [7, 11) is 0. The lowest BCUT2D eigenvalue weighted by molar-refractivity contribution is -0.120. The third-order valence-electron chi connectivity index (χ3n) is 6.65. The number of anilines is 1. The lowest BCUT2D eigenvalue weighted by Gasteiger charge is -2.29. The van der Waals surface area contributed by atoms with Gasteiger partial charge >= 0.3 is 6.61 Å². The number of nitrogens with one attached hydrogen (secondary N) is 1. The highest BCUT2D eigenvalue weighted by Gasteiger charge is 2.32. The largest absolute Gasteiger partial charge is 0.434 e. The number of fused-ring (bicyclic) bond motifs is 1. The van der Waals surface area contributed by atoms with Gasteiger partial charge in [-0.05, 0) is 62.1 Å². The van der Waals surface area contributed by atoms with Crippen LogP contribution in [-0.2, 0) is 10.4 Å². The lowest BCUT2D eigenvalue weighted by atomic mass is 9.92. The fourth-order valence-electron chi connectivity index (χ4n) is 4.53. The van der Waals surface area contributed by atoms with Gasteiger partial charge in [-0.2, -0.15) is 8.78 Å². The second-order valence-electron chi connectivity index (χ2n) is 9.29. The first kappa shape index (κ1) is 21.8. The Hall–Kier alpha value is -3.00. The van der Waals surface area contributed by atoms with E-state index in [-0.39, 0.29) is 30.0 Å². The van der Waals surface area contributed by atoms with Crippen LogP contribution in [0.25, 0.3) is 11.0 Å². The molecule has 5 rings (SSSR count). The highest BCUT2D eigenvalue weighted by atomic mass is 19.3. The lowest BCUT2D eigenvalue weighted by Crippen LogP contribution is -2.30. The number of ether oxygens (including phenoxy) is 1. The van der Waals surface area contributed by atoms with Crippen molar-refractivity contribution in [2.45, 2.75) is 69.6 Å². The molecule has 2 aliphatic carbocycles. The molecule has 3 aromatic rings. The third kappa shape index (κ3) is 4.44. The van der Waals surface area contributed by atoms with Crippen molar-refractivity contribution in [2.75, 3.05) is 5.32 Å². The van der Waals surface area contributed by atoms with E-state index in [0.29, 0.717) is 17.0 Å². The van der Waals surface area contributed by atoms with Crippen LogP contribution in [0.2, 0.25) is 0 Å². The molecule has 1 heterocycles. The summed E-state index contributed by atoms with van der Waals surface area (Å²) in [6, 6.07) is 12.7. The quantitative estimate of drug-likeness (QED) is 0.472. The smallest absolute Gasteiger partial charge is 0.387 e. The van der Waals surface area contributed by atoms with Gasteiger partial charge in [0, 0.05) is 12.1 Å². The van der Waals surface area contributed by atoms with Crippen molar-refractivity contribution in [3.8, 4) is 5.75 Å². The minimum Gasteiger partial charge on any atom is -0.434 e. The summed E-state index contributed by atoms with van der Waals surface area (Å²) in [5, 5.41) is 13.7. The van der Waals surface area contributed by atoms with Crippen molar-refractivity contribution in [1.29, 1.82) is 0 Å². The molecule has 2 saturated carbocycles. The molecule has 2 aromatic carbocycles. The van der Waals surface area contributed by atoms with Gasteiger partial charge in [0.15, 0.2) is 0 Å². The van der Waals surface area contributed by atoms with Crippen LogP contribution in [0.1, 0.15) is 68.5 Å². The van der Waals surface area contributed by atoms with Gasteiger partial charge in [0.1, 0.15) is 5.75 Å². The van der Waals surface area contributed by atoms with Gasteiger partial charge in [-0.3, -0.25) is 10.1 Å². The second kappa shape index (κ2) is 8.41. The summed E-state index contributed by atoms with van der Waals surface area (Å²) in [5.41, 5.74) is 1.40. The summed E-state index contributed by atoms with van der Waals surface area (Å²) >= 11 is 0. The first-order chi connectivity index (χ1) is 15.8. The minimum absolute atomic E-state index is 0.141. The molecule has 2 fully saturated rings. The van der Waals surface area contributed by atoms with Gasteiger partial charge in [0.05, 0.1) is 23.1 Å². The molecule has 0 aliphatic heterocycles. The Labute approximate surface area is 190 Å². The van der Waals surface area contributed by atoms with Crippen LogP contribution < -0.4 is 10.1 Å². The molecule has 1 atom stereocenters. The summed E-state index contributed by atoms with van der Waals surface area (Å²) in [6.07, 6.45) is 4.76. The van der Waals surface area contributed by atoms with E-state index in [2.05, 4.69) is 10.3 Å². The summed E-state index contributed by atoms with van der Waals surface area (Å²) in [4.78, 5) is 17.5. The monoisotopic (exact) mass is 455 g/mol. The molecule has 1 amide bonds. The van der Waals surface area contributed by atoms with Crippen LogP contribution in [-0.4, -0.2) is 27.2 Å². The van der Waals surface area contributed by atoms with E-state index in [9.17, 15) is 18.7 Å². The minimum atomic E-state index is -2.91. The predicted octanol–water partition coefficient (Wildman–Crippen LogP) is 5.48. The number of imidazole rings is 1. The van der Waals surface area contributed by atoms with Crippen LogP contribution in [0.4, 0.5) is 14.7 Å². The van der Waals surface area contributed by atoms with Crippen molar-refractivity contribution in [2.24, 2.45) is 0 Å². The number of amides is 1. The van der Waals surface area contributed by atoms with E-state index in [1.807, 2.05) is 28.8 Å². The first-order valence-electron chi connectivity index (χ1n) is 11.4. The number of nitrogens with zero attached hydrogens (tertiary/aromatic N) is 2.